The van der Waals surface area contributed by atoms with Crippen molar-refractivity contribution in [3.05, 3.63) is 0 Å². The summed E-state index contributed by atoms with van der Waals surface area (Å²) >= 11 is 0. The molecule has 2 N–H and O–H groups in total. The lowest BCUT2D eigenvalue weighted by Crippen LogP contribution is -2.57. The van der Waals surface area contributed by atoms with Crippen molar-refractivity contribution in [1.82, 2.24) is 0 Å². The summed E-state index contributed by atoms with van der Waals surface area (Å²) in [7, 11) is 0. The fourth-order valence-electron chi connectivity index (χ4n) is 5.46. The molecule has 1 saturated heterocycles. The summed E-state index contributed by atoms with van der Waals surface area (Å²) in [6.45, 7) is 8.63. The average molecular weight is 430 g/mol. The molecule has 170 valence electrons. The summed E-state index contributed by atoms with van der Waals surface area (Å²) < 4.78 is 32.9. The zero-order chi connectivity index (χ0) is 22.8. The van der Waals surface area contributed by atoms with E-state index in [2.05, 4.69) is 0 Å². The molecule has 1 aliphatic heterocycles. The van der Waals surface area contributed by atoms with E-state index in [1.807, 2.05) is 0 Å². The highest BCUT2D eigenvalue weighted by Crippen LogP contribution is 2.60. The van der Waals surface area contributed by atoms with E-state index in [1.165, 1.54) is 13.8 Å². The minimum Gasteiger partial charge on any atom is -0.462 e. The molecule has 3 rings (SSSR count). The molecule has 0 unspecified atom stereocenters. The van der Waals surface area contributed by atoms with Crippen molar-refractivity contribution in [2.24, 2.45) is 23.7 Å². The number of hydrogen-bond acceptors (Lipinski definition) is 8. The molecule has 0 bridgehead atoms. The number of carbonyl (C=O) groups excluding carboxylic acids is 3. The van der Waals surface area contributed by atoms with Crippen LogP contribution in [-0.2, 0) is 28.6 Å². The third kappa shape index (κ3) is 3.30. The molecular formula is C21H31FO8. The van der Waals surface area contributed by atoms with Crippen LogP contribution in [0.3, 0.4) is 0 Å². The van der Waals surface area contributed by atoms with Gasteiger partial charge < -0.3 is 24.4 Å². The smallest absolute Gasteiger partial charge is 0.309 e. The molecule has 2 aliphatic carbocycles. The maximum atomic E-state index is 16.6. The number of fused-ring (bicyclic) bond motifs is 3. The van der Waals surface area contributed by atoms with Crippen molar-refractivity contribution in [2.45, 2.75) is 89.6 Å². The quantitative estimate of drug-likeness (QED) is 0.508. The van der Waals surface area contributed by atoms with Gasteiger partial charge in [-0.1, -0.05) is 20.8 Å². The van der Waals surface area contributed by atoms with Crippen LogP contribution in [0.1, 0.15) is 54.4 Å². The summed E-state index contributed by atoms with van der Waals surface area (Å²) in [6, 6.07) is 0. The van der Waals surface area contributed by atoms with Crippen molar-refractivity contribution in [2.75, 3.05) is 0 Å². The Morgan fingerprint density at radius 2 is 1.80 bits per heavy atom. The van der Waals surface area contributed by atoms with Crippen LogP contribution in [0.25, 0.3) is 0 Å². The first-order valence-corrected chi connectivity index (χ1v) is 10.4. The van der Waals surface area contributed by atoms with Crippen LogP contribution in [0.4, 0.5) is 4.39 Å². The van der Waals surface area contributed by atoms with Gasteiger partial charge in [0.05, 0.1) is 17.8 Å². The van der Waals surface area contributed by atoms with Gasteiger partial charge in [-0.3, -0.25) is 14.4 Å². The summed E-state index contributed by atoms with van der Waals surface area (Å²) in [6.07, 6.45) is -4.14. The lowest BCUT2D eigenvalue weighted by Gasteiger charge is -2.42. The number of alkyl halides is 1. The van der Waals surface area contributed by atoms with Crippen molar-refractivity contribution in [1.29, 1.82) is 0 Å². The second-order valence-corrected chi connectivity index (χ2v) is 9.74. The van der Waals surface area contributed by atoms with Crippen LogP contribution in [0, 0.1) is 23.7 Å². The summed E-state index contributed by atoms with van der Waals surface area (Å²) in [5.41, 5.74) is -6.42. The second kappa shape index (κ2) is 7.15. The van der Waals surface area contributed by atoms with E-state index in [9.17, 15) is 24.6 Å². The van der Waals surface area contributed by atoms with Gasteiger partial charge in [-0.05, 0) is 13.8 Å². The Hall–Kier alpha value is -1.74. The standard InChI is InChI=1S/C21H31FO8/c1-9(2)17(24)29-12-7-19(5,26)21(22)8-13(28-11(4)23)20(6,27)16(21)15-14(12)10(3)18(25)30-15/h9-10,12-16,26-27H,7-8H2,1-6H3/t10-,12+,13-,14+,15-,16-,19+,20+,21+/m0/s1. The number of aliphatic hydroxyl groups is 2. The van der Waals surface area contributed by atoms with E-state index in [-0.39, 0.29) is 6.42 Å². The fourth-order valence-corrected chi connectivity index (χ4v) is 5.46. The molecule has 8 nitrogen and oxygen atoms in total. The van der Waals surface area contributed by atoms with Gasteiger partial charge in [0.15, 0.2) is 5.67 Å². The molecule has 0 aromatic rings. The van der Waals surface area contributed by atoms with E-state index in [1.54, 1.807) is 20.8 Å². The number of hydrogen-bond donors (Lipinski definition) is 2. The Labute approximate surface area is 175 Å². The van der Waals surface area contributed by atoms with Crippen LogP contribution in [-0.4, -0.2) is 63.3 Å². The Morgan fingerprint density at radius 3 is 2.33 bits per heavy atom. The first kappa shape index (κ1) is 22.9. The lowest BCUT2D eigenvalue weighted by atomic mass is 9.72. The Kier molecular flexibility index (Phi) is 5.47. The normalized spacial score (nSPS) is 47.9. The first-order chi connectivity index (χ1) is 13.6. The topological polar surface area (TPSA) is 119 Å². The van der Waals surface area contributed by atoms with E-state index in [0.29, 0.717) is 0 Å². The van der Waals surface area contributed by atoms with Gasteiger partial charge in [-0.25, -0.2) is 4.39 Å². The number of rotatable bonds is 3. The largest absolute Gasteiger partial charge is 0.462 e. The van der Waals surface area contributed by atoms with E-state index in [4.69, 9.17) is 14.2 Å². The van der Waals surface area contributed by atoms with Gasteiger partial charge in [0, 0.05) is 25.7 Å². The lowest BCUT2D eigenvalue weighted by molar-refractivity contribution is -0.180. The molecule has 30 heavy (non-hydrogen) atoms. The molecule has 0 amide bonds. The number of halogens is 1. The minimum absolute atomic E-state index is 0.288. The predicted molar refractivity (Wildman–Crippen MR) is 101 cm³/mol. The molecule has 0 aromatic heterocycles. The molecule has 0 radical (unpaired) electrons. The van der Waals surface area contributed by atoms with Gasteiger partial charge in [-0.15, -0.1) is 0 Å². The zero-order valence-corrected chi connectivity index (χ0v) is 18.2. The molecule has 9 heteroatoms. The Morgan fingerprint density at radius 1 is 1.20 bits per heavy atom. The highest BCUT2D eigenvalue weighted by Gasteiger charge is 2.75. The molecule has 3 aliphatic rings. The fraction of sp³-hybridized carbons (Fsp3) is 0.857. The van der Waals surface area contributed by atoms with Crippen molar-refractivity contribution < 1.29 is 43.2 Å². The molecular weight excluding hydrogens is 399 g/mol. The van der Waals surface area contributed by atoms with Crippen LogP contribution < -0.4 is 0 Å². The Bertz CT molecular complexity index is 747. The molecule has 3 fully saturated rings. The zero-order valence-electron chi connectivity index (χ0n) is 18.2. The van der Waals surface area contributed by atoms with Crippen LogP contribution in [0.5, 0.6) is 0 Å². The molecule has 9 atom stereocenters. The third-order valence-electron chi connectivity index (χ3n) is 7.14. The number of ether oxygens (including phenoxy) is 3. The summed E-state index contributed by atoms with van der Waals surface area (Å²) in [5, 5.41) is 22.5. The maximum absolute atomic E-state index is 16.6. The van der Waals surface area contributed by atoms with Gasteiger partial charge in [-0.2, -0.15) is 0 Å². The third-order valence-corrected chi connectivity index (χ3v) is 7.14. The van der Waals surface area contributed by atoms with E-state index < -0.39 is 83.2 Å². The monoisotopic (exact) mass is 430 g/mol. The maximum Gasteiger partial charge on any atom is 0.309 e. The number of esters is 3. The van der Waals surface area contributed by atoms with Gasteiger partial charge in [0.2, 0.25) is 0 Å². The summed E-state index contributed by atoms with van der Waals surface area (Å²) in [4.78, 5) is 36.3. The highest BCUT2D eigenvalue weighted by molar-refractivity contribution is 5.76. The SMILES string of the molecule is CC(=O)O[C@H]1C[C@@]2(F)[C@@H]([C@H]3OC(=O)[C@@H](C)[C@@H]3[C@H](OC(=O)C(C)C)C[C@@]2(C)O)[C@]1(C)O. The van der Waals surface area contributed by atoms with Crippen molar-refractivity contribution >= 4 is 17.9 Å². The van der Waals surface area contributed by atoms with Crippen LogP contribution in [0.2, 0.25) is 0 Å². The van der Waals surface area contributed by atoms with Crippen LogP contribution in [0.15, 0.2) is 0 Å². The Balaban J connectivity index is 2.11. The molecule has 2 saturated carbocycles. The van der Waals surface area contributed by atoms with Crippen molar-refractivity contribution in [3.63, 3.8) is 0 Å². The predicted octanol–water partition coefficient (Wildman–Crippen LogP) is 1.30. The highest BCUT2D eigenvalue weighted by atomic mass is 19.1. The van der Waals surface area contributed by atoms with Gasteiger partial charge in [0.1, 0.15) is 29.5 Å². The molecule has 0 aromatic carbocycles. The van der Waals surface area contributed by atoms with Crippen molar-refractivity contribution in [3.8, 4) is 0 Å². The van der Waals surface area contributed by atoms with Gasteiger partial charge in [0.25, 0.3) is 0 Å². The van der Waals surface area contributed by atoms with E-state index in [0.717, 1.165) is 6.92 Å². The average Bonchev–Trinajstić information content (AvgIpc) is 2.94. The number of carbonyl (C=O) groups is 3. The van der Waals surface area contributed by atoms with Crippen LogP contribution >= 0.6 is 0 Å². The van der Waals surface area contributed by atoms with E-state index >= 15 is 4.39 Å². The van der Waals surface area contributed by atoms with Gasteiger partial charge >= 0.3 is 17.9 Å². The minimum atomic E-state index is -2.46. The summed E-state index contributed by atoms with van der Waals surface area (Å²) in [5.74, 6) is -5.17. The first-order valence-electron chi connectivity index (χ1n) is 10.4. The molecule has 1 heterocycles. The second-order valence-electron chi connectivity index (χ2n) is 9.74. The molecule has 0 spiro atoms.